The largest absolute Gasteiger partial charge is 0.395 e. The predicted octanol–water partition coefficient (Wildman–Crippen LogP) is 1.84. The maximum atomic E-state index is 12.1. The fourth-order valence-electron chi connectivity index (χ4n) is 2.73. The van der Waals surface area contributed by atoms with Crippen molar-refractivity contribution in [2.24, 2.45) is 0 Å². The third-order valence-electron chi connectivity index (χ3n) is 4.04. The van der Waals surface area contributed by atoms with Crippen LogP contribution in [0.3, 0.4) is 0 Å². The van der Waals surface area contributed by atoms with E-state index in [-0.39, 0.29) is 6.61 Å². The first kappa shape index (κ1) is 16.5. The molecule has 0 aromatic rings. The highest BCUT2D eigenvalue weighted by Gasteiger charge is 2.20. The number of piperazine rings is 1. The number of rotatable bonds is 7. The first-order chi connectivity index (χ1) is 9.79. The summed E-state index contributed by atoms with van der Waals surface area (Å²) >= 11 is 0. The Labute approximate surface area is 130 Å². The summed E-state index contributed by atoms with van der Waals surface area (Å²) in [4.78, 5) is 16.3. The Hall–Kier alpha value is 0.0900. The molecule has 0 radical (unpaired) electrons. The molecule has 1 N–H and O–H groups in total. The topological polar surface area (TPSA) is 43.8 Å². The molecule has 6 heteroatoms. The molecule has 0 aromatic heterocycles. The van der Waals surface area contributed by atoms with E-state index in [1.807, 2.05) is 26.5 Å². The minimum Gasteiger partial charge on any atom is -0.395 e. The van der Waals surface area contributed by atoms with Gasteiger partial charge in [-0.2, -0.15) is 0 Å². The molecule has 0 bridgehead atoms. The lowest BCUT2D eigenvalue weighted by Crippen LogP contribution is -2.49. The van der Waals surface area contributed by atoms with E-state index in [1.165, 1.54) is 25.0 Å². The van der Waals surface area contributed by atoms with Gasteiger partial charge >= 0.3 is 0 Å². The average molecular weight is 319 g/mol. The highest BCUT2D eigenvalue weighted by molar-refractivity contribution is 8.77. The molecule has 2 rings (SSSR count). The molecule has 1 atom stereocenters. The standard InChI is InChI=1S/C14H26N2O2S2/c17-11-10-15-6-8-16(9-7-15)14(18)4-2-1-3-13-5-12-19-20-13/h13,17H,1-12H2. The Bertz CT molecular complexity index is 291. The Balaban J connectivity index is 1.53. The van der Waals surface area contributed by atoms with Crippen molar-refractivity contribution in [2.45, 2.75) is 37.4 Å². The van der Waals surface area contributed by atoms with E-state index >= 15 is 0 Å². The van der Waals surface area contributed by atoms with Crippen LogP contribution in [0.15, 0.2) is 0 Å². The van der Waals surface area contributed by atoms with Gasteiger partial charge in [-0.05, 0) is 19.3 Å². The second-order valence-corrected chi connectivity index (χ2v) is 8.31. The van der Waals surface area contributed by atoms with Gasteiger partial charge < -0.3 is 10.0 Å². The number of carbonyl (C=O) groups excluding carboxylic acids is 1. The summed E-state index contributed by atoms with van der Waals surface area (Å²) in [5.74, 6) is 1.62. The first-order valence-electron chi connectivity index (χ1n) is 7.69. The quantitative estimate of drug-likeness (QED) is 0.573. The van der Waals surface area contributed by atoms with E-state index in [1.54, 1.807) is 0 Å². The molecule has 2 aliphatic heterocycles. The van der Waals surface area contributed by atoms with Crippen LogP contribution in [-0.4, -0.2) is 71.1 Å². The summed E-state index contributed by atoms with van der Waals surface area (Å²) in [6.45, 7) is 4.41. The summed E-state index contributed by atoms with van der Waals surface area (Å²) in [6.07, 6.45) is 5.56. The van der Waals surface area contributed by atoms with E-state index < -0.39 is 0 Å². The molecule has 1 amide bonds. The SMILES string of the molecule is O=C(CCCCC1CCSS1)N1CCN(CCO)CC1. The van der Waals surface area contributed by atoms with E-state index in [4.69, 9.17) is 5.11 Å². The molecule has 2 saturated heterocycles. The van der Waals surface area contributed by atoms with Crippen molar-refractivity contribution in [3.05, 3.63) is 0 Å². The van der Waals surface area contributed by atoms with Gasteiger partial charge in [-0.25, -0.2) is 0 Å². The summed E-state index contributed by atoms with van der Waals surface area (Å²) in [5.41, 5.74) is 0. The number of hydrogen-bond donors (Lipinski definition) is 1. The van der Waals surface area contributed by atoms with Gasteiger partial charge in [0.05, 0.1) is 6.61 Å². The van der Waals surface area contributed by atoms with Crippen LogP contribution >= 0.6 is 21.6 Å². The molecule has 0 saturated carbocycles. The summed E-state index contributed by atoms with van der Waals surface area (Å²) in [6, 6.07) is 0. The zero-order chi connectivity index (χ0) is 14.2. The van der Waals surface area contributed by atoms with Gasteiger partial charge in [-0.3, -0.25) is 9.69 Å². The van der Waals surface area contributed by atoms with Gasteiger partial charge in [0, 0.05) is 50.1 Å². The zero-order valence-electron chi connectivity index (χ0n) is 12.1. The van der Waals surface area contributed by atoms with Crippen molar-refractivity contribution < 1.29 is 9.90 Å². The second kappa shape index (κ2) is 9.18. The number of aliphatic hydroxyl groups is 1. The lowest BCUT2D eigenvalue weighted by Gasteiger charge is -2.34. The molecule has 4 nitrogen and oxygen atoms in total. The van der Waals surface area contributed by atoms with Crippen LogP contribution < -0.4 is 0 Å². The Morgan fingerprint density at radius 1 is 1.20 bits per heavy atom. The first-order valence-corrected chi connectivity index (χ1v) is 10.1. The summed E-state index contributed by atoms with van der Waals surface area (Å²) in [7, 11) is 4.02. The number of nitrogens with zero attached hydrogens (tertiary/aromatic N) is 2. The molecule has 0 spiro atoms. The minimum absolute atomic E-state index is 0.214. The van der Waals surface area contributed by atoms with Crippen molar-refractivity contribution in [1.82, 2.24) is 9.80 Å². The van der Waals surface area contributed by atoms with Crippen LogP contribution in [0.1, 0.15) is 32.1 Å². The number of amides is 1. The second-order valence-electron chi connectivity index (χ2n) is 5.52. The number of β-amino-alcohol motifs (C(OH)–C–C–N with tert-alkyl or cyclic N) is 1. The average Bonchev–Trinajstić information content (AvgIpc) is 2.98. The molecule has 2 aliphatic rings. The molecule has 0 aromatic carbocycles. The van der Waals surface area contributed by atoms with Crippen LogP contribution in [-0.2, 0) is 4.79 Å². The third kappa shape index (κ3) is 5.47. The highest BCUT2D eigenvalue weighted by atomic mass is 33.1. The summed E-state index contributed by atoms with van der Waals surface area (Å²) in [5, 5.41) is 9.73. The molecule has 2 fully saturated rings. The van der Waals surface area contributed by atoms with E-state index in [9.17, 15) is 4.79 Å². The van der Waals surface area contributed by atoms with Gasteiger partial charge in [0.25, 0.3) is 0 Å². The van der Waals surface area contributed by atoms with Crippen LogP contribution in [0, 0.1) is 0 Å². The molecular formula is C14H26N2O2S2. The van der Waals surface area contributed by atoms with Crippen molar-refractivity contribution in [3.63, 3.8) is 0 Å². The van der Waals surface area contributed by atoms with E-state index in [0.717, 1.165) is 44.4 Å². The summed E-state index contributed by atoms with van der Waals surface area (Å²) < 4.78 is 0. The van der Waals surface area contributed by atoms with E-state index in [0.29, 0.717) is 12.3 Å². The Kier molecular flexibility index (Phi) is 7.55. The number of aliphatic hydroxyl groups excluding tert-OH is 1. The maximum absolute atomic E-state index is 12.1. The zero-order valence-corrected chi connectivity index (χ0v) is 13.8. The maximum Gasteiger partial charge on any atom is 0.222 e. The van der Waals surface area contributed by atoms with Crippen molar-refractivity contribution in [1.29, 1.82) is 0 Å². The van der Waals surface area contributed by atoms with Crippen molar-refractivity contribution in [2.75, 3.05) is 45.1 Å². The molecule has 116 valence electrons. The number of unbranched alkanes of at least 4 members (excludes halogenated alkanes) is 1. The Morgan fingerprint density at radius 2 is 2.00 bits per heavy atom. The smallest absolute Gasteiger partial charge is 0.222 e. The van der Waals surface area contributed by atoms with Gasteiger partial charge in [0.1, 0.15) is 0 Å². The molecule has 20 heavy (non-hydrogen) atoms. The molecule has 1 unspecified atom stereocenters. The highest BCUT2D eigenvalue weighted by Crippen LogP contribution is 2.39. The van der Waals surface area contributed by atoms with E-state index in [2.05, 4.69) is 4.90 Å². The lowest BCUT2D eigenvalue weighted by molar-refractivity contribution is -0.133. The number of carbonyl (C=O) groups is 1. The third-order valence-corrected chi connectivity index (χ3v) is 7.04. The van der Waals surface area contributed by atoms with Gasteiger partial charge in [-0.15, -0.1) is 0 Å². The fraction of sp³-hybridized carbons (Fsp3) is 0.929. The lowest BCUT2D eigenvalue weighted by atomic mass is 10.1. The number of hydrogen-bond acceptors (Lipinski definition) is 5. The molecule has 0 aliphatic carbocycles. The predicted molar refractivity (Wildman–Crippen MR) is 87.0 cm³/mol. The van der Waals surface area contributed by atoms with Crippen LogP contribution in [0.2, 0.25) is 0 Å². The van der Waals surface area contributed by atoms with Gasteiger partial charge in [-0.1, -0.05) is 28.0 Å². The fourth-order valence-corrected chi connectivity index (χ4v) is 5.76. The van der Waals surface area contributed by atoms with Crippen molar-refractivity contribution in [3.8, 4) is 0 Å². The van der Waals surface area contributed by atoms with Crippen LogP contribution in [0.25, 0.3) is 0 Å². The van der Waals surface area contributed by atoms with Gasteiger partial charge in [0.2, 0.25) is 5.91 Å². The molecular weight excluding hydrogens is 292 g/mol. The van der Waals surface area contributed by atoms with Crippen LogP contribution in [0.4, 0.5) is 0 Å². The monoisotopic (exact) mass is 318 g/mol. The normalized spacial score (nSPS) is 24.2. The van der Waals surface area contributed by atoms with Crippen LogP contribution in [0.5, 0.6) is 0 Å². The molecule has 2 heterocycles. The van der Waals surface area contributed by atoms with Gasteiger partial charge in [0.15, 0.2) is 0 Å². The minimum atomic E-state index is 0.214. The van der Waals surface area contributed by atoms with Crippen molar-refractivity contribution >= 4 is 27.5 Å². The Morgan fingerprint density at radius 3 is 2.65 bits per heavy atom.